The summed E-state index contributed by atoms with van der Waals surface area (Å²) in [5, 5.41) is 0.283. The maximum atomic E-state index is 6.44. The van der Waals surface area contributed by atoms with Gasteiger partial charge < -0.3 is 4.43 Å². The zero-order chi connectivity index (χ0) is 17.7. The lowest BCUT2D eigenvalue weighted by atomic mass is 9.94. The maximum Gasteiger partial charge on any atom is 0.184 e. The van der Waals surface area contributed by atoms with E-state index in [9.17, 15) is 0 Å². The van der Waals surface area contributed by atoms with Crippen LogP contribution in [-0.2, 0) is 9.46 Å². The molecular formula is C20H38OSi2. The van der Waals surface area contributed by atoms with Gasteiger partial charge in [-0.15, -0.1) is 0 Å². The molecule has 0 saturated heterocycles. The number of hydrogen-bond acceptors (Lipinski definition) is 1. The van der Waals surface area contributed by atoms with E-state index in [-0.39, 0.29) is 5.04 Å². The van der Waals surface area contributed by atoms with Gasteiger partial charge in [-0.1, -0.05) is 76.2 Å². The first-order valence-corrected chi connectivity index (χ1v) is 15.4. The first-order chi connectivity index (χ1) is 10.6. The predicted molar refractivity (Wildman–Crippen MR) is 110 cm³/mol. The van der Waals surface area contributed by atoms with E-state index < -0.39 is 16.4 Å². The van der Waals surface area contributed by atoms with Gasteiger partial charge in [-0.3, -0.25) is 0 Å². The smallest absolute Gasteiger partial charge is 0.184 e. The molecule has 23 heavy (non-hydrogen) atoms. The van der Waals surface area contributed by atoms with Crippen LogP contribution in [0.2, 0.25) is 37.8 Å². The van der Waals surface area contributed by atoms with Gasteiger partial charge in [0.05, 0.1) is 8.07 Å². The van der Waals surface area contributed by atoms with Gasteiger partial charge in [0.15, 0.2) is 8.32 Å². The average molecular weight is 351 g/mol. The third-order valence-electron chi connectivity index (χ3n) is 5.86. The van der Waals surface area contributed by atoms with Crippen LogP contribution in [0.25, 0.3) is 0 Å². The van der Waals surface area contributed by atoms with Crippen molar-refractivity contribution in [2.75, 3.05) is 0 Å². The molecule has 0 heterocycles. The minimum absolute atomic E-state index is 0.283. The fraction of sp³-hybridized carbons (Fsp3) is 0.700. The molecule has 1 aromatic carbocycles. The number of benzene rings is 1. The van der Waals surface area contributed by atoms with Crippen LogP contribution < -0.4 is 0 Å². The zero-order valence-corrected chi connectivity index (χ0v) is 18.7. The summed E-state index contributed by atoms with van der Waals surface area (Å²) in [6.07, 6.45) is 1.49. The summed E-state index contributed by atoms with van der Waals surface area (Å²) in [5.74, 6) is 0. The molecule has 0 amide bonds. The molecule has 0 spiro atoms. The largest absolute Gasteiger partial charge is 0.415 e. The van der Waals surface area contributed by atoms with Crippen molar-refractivity contribution in [1.82, 2.24) is 0 Å². The zero-order valence-electron chi connectivity index (χ0n) is 16.7. The van der Waals surface area contributed by atoms with E-state index in [0.717, 1.165) is 6.42 Å². The van der Waals surface area contributed by atoms with Crippen molar-refractivity contribution >= 4 is 16.4 Å². The van der Waals surface area contributed by atoms with Crippen LogP contribution in [0, 0.1) is 0 Å². The molecule has 0 aliphatic rings. The molecule has 1 unspecified atom stereocenters. The third kappa shape index (κ3) is 4.80. The fourth-order valence-electron chi connectivity index (χ4n) is 4.59. The van der Waals surface area contributed by atoms with Crippen molar-refractivity contribution in [2.45, 2.75) is 90.0 Å². The lowest BCUT2D eigenvalue weighted by Crippen LogP contribution is -2.55. The molecule has 0 bridgehead atoms. The van der Waals surface area contributed by atoms with Crippen molar-refractivity contribution in [1.29, 1.82) is 0 Å². The number of hydrogen-bond donors (Lipinski definition) is 0. The molecule has 0 fully saturated rings. The maximum absolute atomic E-state index is 6.44. The number of rotatable bonds is 9. The molecule has 132 valence electrons. The minimum Gasteiger partial charge on any atom is -0.415 e. The van der Waals surface area contributed by atoms with E-state index in [1.165, 1.54) is 23.7 Å². The molecule has 0 radical (unpaired) electrons. The van der Waals surface area contributed by atoms with E-state index in [1.807, 2.05) is 0 Å². The van der Waals surface area contributed by atoms with Gasteiger partial charge >= 0.3 is 0 Å². The molecule has 3 heteroatoms. The Hall–Kier alpha value is -0.386. The first kappa shape index (κ1) is 20.7. The lowest BCUT2D eigenvalue weighted by molar-refractivity contribution is 0.185. The van der Waals surface area contributed by atoms with Gasteiger partial charge in [-0.25, -0.2) is 0 Å². The van der Waals surface area contributed by atoms with Gasteiger partial charge in [0, 0.05) is 6.10 Å². The standard InChI is InChI=1S/C20H38OSi2/c1-9-23(10-2,11-3)20(5,19-15-13-12-14-16-19)17-18(4)21-22(6,7)8/h12-16,18H,9-11,17H2,1-8H3/t18-,20?/m0/s1. The molecule has 0 aliphatic heterocycles. The highest BCUT2D eigenvalue weighted by atomic mass is 28.4. The van der Waals surface area contributed by atoms with Crippen LogP contribution in [0.5, 0.6) is 0 Å². The van der Waals surface area contributed by atoms with Crippen LogP contribution in [0.3, 0.4) is 0 Å². The molecule has 0 aromatic heterocycles. The highest BCUT2D eigenvalue weighted by Crippen LogP contribution is 2.45. The van der Waals surface area contributed by atoms with E-state index >= 15 is 0 Å². The summed E-state index contributed by atoms with van der Waals surface area (Å²) in [4.78, 5) is 0. The summed E-state index contributed by atoms with van der Waals surface area (Å²) in [6, 6.07) is 15.3. The van der Waals surface area contributed by atoms with Crippen molar-refractivity contribution in [3.05, 3.63) is 35.9 Å². The Balaban J connectivity index is 3.27. The highest BCUT2D eigenvalue weighted by molar-refractivity contribution is 6.82. The summed E-state index contributed by atoms with van der Waals surface area (Å²) in [6.45, 7) is 19.0. The van der Waals surface area contributed by atoms with Crippen LogP contribution in [0.15, 0.2) is 30.3 Å². The Morgan fingerprint density at radius 2 is 1.43 bits per heavy atom. The SMILES string of the molecule is CC[Si](CC)(CC)C(C)(C[C@H](C)O[Si](C)(C)C)c1ccccc1. The average Bonchev–Trinajstić information content (AvgIpc) is 2.48. The van der Waals surface area contributed by atoms with Crippen molar-refractivity contribution in [3.8, 4) is 0 Å². The van der Waals surface area contributed by atoms with Gasteiger partial charge in [0.1, 0.15) is 0 Å². The van der Waals surface area contributed by atoms with Gasteiger partial charge in [0.2, 0.25) is 0 Å². The fourth-order valence-corrected chi connectivity index (χ4v) is 11.2. The topological polar surface area (TPSA) is 9.23 Å². The van der Waals surface area contributed by atoms with Crippen LogP contribution in [0.1, 0.15) is 46.6 Å². The van der Waals surface area contributed by atoms with E-state index in [4.69, 9.17) is 4.43 Å². The van der Waals surface area contributed by atoms with Crippen LogP contribution >= 0.6 is 0 Å². The molecule has 1 rings (SSSR count). The lowest BCUT2D eigenvalue weighted by Gasteiger charge is -2.49. The van der Waals surface area contributed by atoms with Crippen LogP contribution in [0.4, 0.5) is 0 Å². The molecular weight excluding hydrogens is 312 g/mol. The third-order valence-corrected chi connectivity index (χ3v) is 13.9. The monoisotopic (exact) mass is 350 g/mol. The summed E-state index contributed by atoms with van der Waals surface area (Å²) in [5.41, 5.74) is 1.53. The quantitative estimate of drug-likeness (QED) is 0.455. The Morgan fingerprint density at radius 3 is 1.83 bits per heavy atom. The minimum atomic E-state index is -1.50. The molecule has 1 nitrogen and oxygen atoms in total. The Kier molecular flexibility index (Phi) is 7.30. The van der Waals surface area contributed by atoms with E-state index in [1.54, 1.807) is 0 Å². The Labute approximate surface area is 147 Å². The Morgan fingerprint density at radius 1 is 0.957 bits per heavy atom. The molecule has 1 aromatic rings. The first-order valence-electron chi connectivity index (χ1n) is 9.37. The second-order valence-corrected chi connectivity index (χ2v) is 18.5. The second kappa shape index (κ2) is 8.13. The Bertz CT molecular complexity index is 454. The van der Waals surface area contributed by atoms with Crippen molar-refractivity contribution in [2.24, 2.45) is 0 Å². The summed E-state index contributed by atoms with van der Waals surface area (Å²) in [7, 11) is -2.91. The van der Waals surface area contributed by atoms with Crippen LogP contribution in [-0.4, -0.2) is 22.5 Å². The summed E-state index contributed by atoms with van der Waals surface area (Å²) < 4.78 is 6.44. The van der Waals surface area contributed by atoms with Gasteiger partial charge in [-0.05, 0) is 43.6 Å². The normalized spacial score (nSPS) is 16.9. The molecule has 2 atom stereocenters. The van der Waals surface area contributed by atoms with Crippen molar-refractivity contribution in [3.63, 3.8) is 0 Å². The van der Waals surface area contributed by atoms with E-state index in [2.05, 4.69) is 84.6 Å². The van der Waals surface area contributed by atoms with Gasteiger partial charge in [-0.2, -0.15) is 0 Å². The second-order valence-electron chi connectivity index (χ2n) is 8.28. The molecule has 0 N–H and O–H groups in total. The highest BCUT2D eigenvalue weighted by Gasteiger charge is 2.48. The predicted octanol–water partition coefficient (Wildman–Crippen LogP) is 6.62. The van der Waals surface area contributed by atoms with Crippen molar-refractivity contribution < 1.29 is 4.43 Å². The van der Waals surface area contributed by atoms with E-state index in [0.29, 0.717) is 6.10 Å². The molecule has 0 aliphatic carbocycles. The summed E-state index contributed by atoms with van der Waals surface area (Å²) >= 11 is 0. The molecule has 0 saturated carbocycles. The van der Waals surface area contributed by atoms with Gasteiger partial charge in [0.25, 0.3) is 0 Å².